The molecule has 1 rings (SSSR count). The summed E-state index contributed by atoms with van der Waals surface area (Å²) in [6, 6.07) is 3.18. The van der Waals surface area contributed by atoms with Gasteiger partial charge in [0, 0.05) is 8.04 Å². The van der Waals surface area contributed by atoms with Gasteiger partial charge in [0.25, 0.3) is 0 Å². The summed E-state index contributed by atoms with van der Waals surface area (Å²) in [6.07, 6.45) is 0. The molecule has 0 spiro atoms. The second kappa shape index (κ2) is 3.74. The number of benzene rings is 1. The van der Waals surface area contributed by atoms with Gasteiger partial charge in [0.15, 0.2) is 5.78 Å². The lowest BCUT2D eigenvalue weighted by atomic mass is 10.1. The zero-order valence-electron chi connectivity index (χ0n) is 6.27. The number of hydrogen-bond donors (Lipinski definition) is 1. The van der Waals surface area contributed by atoms with Gasteiger partial charge >= 0.3 is 0 Å². The highest BCUT2D eigenvalue weighted by Crippen LogP contribution is 2.27. The fraction of sp³-hybridized carbons (Fsp3) is 0.125. The standard InChI is InChI=1S/C8H6BrIO2/c1-4(11)5-2-7(10)6(9)3-8(5)12/h2-3,12H,1H3. The van der Waals surface area contributed by atoms with Gasteiger partial charge in [0.05, 0.1) is 5.56 Å². The first kappa shape index (κ1) is 9.98. The molecule has 1 aromatic rings. The van der Waals surface area contributed by atoms with Crippen molar-refractivity contribution < 1.29 is 9.90 Å². The van der Waals surface area contributed by atoms with Crippen molar-refractivity contribution in [1.82, 2.24) is 0 Å². The molecule has 0 heterocycles. The monoisotopic (exact) mass is 340 g/mol. The van der Waals surface area contributed by atoms with Gasteiger partial charge in [-0.15, -0.1) is 0 Å². The highest BCUT2D eigenvalue weighted by Gasteiger charge is 2.08. The lowest BCUT2D eigenvalue weighted by molar-refractivity contribution is 0.101. The van der Waals surface area contributed by atoms with Gasteiger partial charge in [-0.2, -0.15) is 0 Å². The van der Waals surface area contributed by atoms with Crippen molar-refractivity contribution in [3.63, 3.8) is 0 Å². The van der Waals surface area contributed by atoms with E-state index in [4.69, 9.17) is 0 Å². The fourth-order valence-electron chi connectivity index (χ4n) is 0.818. The molecule has 0 saturated carbocycles. The van der Waals surface area contributed by atoms with Gasteiger partial charge in [-0.25, -0.2) is 0 Å². The summed E-state index contributed by atoms with van der Waals surface area (Å²) in [4.78, 5) is 11.0. The molecule has 12 heavy (non-hydrogen) atoms. The topological polar surface area (TPSA) is 37.3 Å². The molecule has 0 unspecified atom stereocenters. The average molecular weight is 341 g/mol. The Labute approximate surface area is 92.2 Å². The van der Waals surface area contributed by atoms with Crippen LogP contribution in [-0.2, 0) is 0 Å². The predicted octanol–water partition coefficient (Wildman–Crippen LogP) is 2.96. The molecule has 0 atom stereocenters. The lowest BCUT2D eigenvalue weighted by Crippen LogP contribution is -1.93. The third-order valence-corrected chi connectivity index (χ3v) is 3.71. The molecule has 0 saturated heterocycles. The number of phenols is 1. The SMILES string of the molecule is CC(=O)c1cc(I)c(Br)cc1O. The molecule has 64 valence electrons. The minimum absolute atomic E-state index is 0.0230. The number of carbonyl (C=O) groups is 1. The minimum atomic E-state index is -0.127. The molecule has 0 aromatic heterocycles. The molecule has 0 aliphatic rings. The Kier molecular flexibility index (Phi) is 3.11. The van der Waals surface area contributed by atoms with Crippen molar-refractivity contribution in [2.75, 3.05) is 0 Å². The summed E-state index contributed by atoms with van der Waals surface area (Å²) in [5.74, 6) is -0.104. The van der Waals surface area contributed by atoms with E-state index >= 15 is 0 Å². The quantitative estimate of drug-likeness (QED) is 0.630. The van der Waals surface area contributed by atoms with Crippen molar-refractivity contribution >= 4 is 44.3 Å². The van der Waals surface area contributed by atoms with Crippen LogP contribution in [0.2, 0.25) is 0 Å². The number of halogens is 2. The fourth-order valence-corrected chi connectivity index (χ4v) is 1.62. The number of ketones is 1. The first-order valence-electron chi connectivity index (χ1n) is 3.21. The Balaban J connectivity index is 3.33. The number of carbonyl (C=O) groups excluding carboxylic acids is 1. The number of phenolic OH excluding ortho intramolecular Hbond substituents is 1. The van der Waals surface area contributed by atoms with Crippen molar-refractivity contribution in [2.45, 2.75) is 6.92 Å². The molecule has 4 heteroatoms. The second-order valence-corrected chi connectivity index (χ2v) is 4.36. The molecule has 2 nitrogen and oxygen atoms in total. The Morgan fingerprint density at radius 3 is 2.67 bits per heavy atom. The van der Waals surface area contributed by atoms with Crippen LogP contribution < -0.4 is 0 Å². The van der Waals surface area contributed by atoms with Gasteiger partial charge < -0.3 is 5.11 Å². The number of Topliss-reactive ketones (excluding diaryl/α,β-unsaturated/α-hetero) is 1. The van der Waals surface area contributed by atoms with Crippen LogP contribution in [0.25, 0.3) is 0 Å². The first-order valence-corrected chi connectivity index (χ1v) is 5.08. The van der Waals surface area contributed by atoms with E-state index < -0.39 is 0 Å². The largest absolute Gasteiger partial charge is 0.507 e. The van der Waals surface area contributed by atoms with Crippen LogP contribution in [0.1, 0.15) is 17.3 Å². The van der Waals surface area contributed by atoms with Gasteiger partial charge in [-0.1, -0.05) is 0 Å². The van der Waals surface area contributed by atoms with E-state index in [1.165, 1.54) is 13.0 Å². The second-order valence-electron chi connectivity index (χ2n) is 2.34. The molecule has 1 aromatic carbocycles. The molecule has 0 aliphatic heterocycles. The van der Waals surface area contributed by atoms with E-state index in [0.717, 1.165) is 8.04 Å². The summed E-state index contributed by atoms with van der Waals surface area (Å²) >= 11 is 5.34. The Morgan fingerprint density at radius 1 is 1.58 bits per heavy atom. The van der Waals surface area contributed by atoms with Crippen molar-refractivity contribution in [1.29, 1.82) is 0 Å². The van der Waals surface area contributed by atoms with E-state index in [1.807, 2.05) is 0 Å². The molecular weight excluding hydrogens is 335 g/mol. The lowest BCUT2D eigenvalue weighted by Gasteiger charge is -2.02. The smallest absolute Gasteiger partial charge is 0.163 e. The van der Waals surface area contributed by atoms with Crippen LogP contribution in [0.3, 0.4) is 0 Å². The summed E-state index contributed by atoms with van der Waals surface area (Å²) in [6.45, 7) is 1.43. The van der Waals surface area contributed by atoms with Crippen molar-refractivity contribution in [3.8, 4) is 5.75 Å². The summed E-state index contributed by atoms with van der Waals surface area (Å²) in [5.41, 5.74) is 0.364. The third-order valence-electron chi connectivity index (χ3n) is 1.42. The molecule has 0 amide bonds. The number of rotatable bonds is 1. The molecular formula is C8H6BrIO2. The normalized spacial score (nSPS) is 9.92. The molecule has 1 N–H and O–H groups in total. The van der Waals surface area contributed by atoms with Crippen molar-refractivity contribution in [2.24, 2.45) is 0 Å². The van der Waals surface area contributed by atoms with Gasteiger partial charge in [0.2, 0.25) is 0 Å². The maximum absolute atomic E-state index is 11.0. The Morgan fingerprint density at radius 2 is 2.17 bits per heavy atom. The molecule has 0 bridgehead atoms. The van der Waals surface area contributed by atoms with E-state index in [1.54, 1.807) is 6.07 Å². The van der Waals surface area contributed by atoms with E-state index in [2.05, 4.69) is 38.5 Å². The number of aromatic hydroxyl groups is 1. The van der Waals surface area contributed by atoms with E-state index in [9.17, 15) is 9.90 Å². The highest BCUT2D eigenvalue weighted by atomic mass is 127. The van der Waals surface area contributed by atoms with Crippen molar-refractivity contribution in [3.05, 3.63) is 25.7 Å². The first-order chi connectivity index (χ1) is 5.52. The highest BCUT2D eigenvalue weighted by molar-refractivity contribution is 14.1. The number of hydrogen-bond acceptors (Lipinski definition) is 2. The maximum atomic E-state index is 11.0. The minimum Gasteiger partial charge on any atom is -0.507 e. The zero-order valence-corrected chi connectivity index (χ0v) is 10.0. The predicted molar refractivity (Wildman–Crippen MR) is 58.5 cm³/mol. The van der Waals surface area contributed by atoms with Crippen LogP contribution in [0.5, 0.6) is 5.75 Å². The Bertz CT molecular complexity index is 336. The summed E-state index contributed by atoms with van der Waals surface area (Å²) in [5, 5.41) is 9.33. The molecule has 0 fully saturated rings. The van der Waals surface area contributed by atoms with Crippen LogP contribution in [0.15, 0.2) is 16.6 Å². The van der Waals surface area contributed by atoms with Crippen LogP contribution in [0.4, 0.5) is 0 Å². The van der Waals surface area contributed by atoms with Crippen LogP contribution in [0, 0.1) is 3.57 Å². The maximum Gasteiger partial charge on any atom is 0.163 e. The van der Waals surface area contributed by atoms with Gasteiger partial charge in [0.1, 0.15) is 5.75 Å². The molecule has 0 radical (unpaired) electrons. The van der Waals surface area contributed by atoms with Gasteiger partial charge in [-0.3, -0.25) is 4.79 Å². The zero-order chi connectivity index (χ0) is 9.30. The van der Waals surface area contributed by atoms with Crippen LogP contribution >= 0.6 is 38.5 Å². The van der Waals surface area contributed by atoms with Crippen LogP contribution in [-0.4, -0.2) is 10.9 Å². The third kappa shape index (κ3) is 1.98. The Hall–Kier alpha value is -0.100. The van der Waals surface area contributed by atoms with E-state index in [0.29, 0.717) is 5.56 Å². The summed E-state index contributed by atoms with van der Waals surface area (Å²) < 4.78 is 1.71. The van der Waals surface area contributed by atoms with E-state index in [-0.39, 0.29) is 11.5 Å². The molecule has 0 aliphatic carbocycles. The average Bonchev–Trinajstić information content (AvgIpc) is 1.96. The van der Waals surface area contributed by atoms with Gasteiger partial charge in [-0.05, 0) is 57.6 Å². The summed E-state index contributed by atoms with van der Waals surface area (Å²) in [7, 11) is 0.